The van der Waals surface area contributed by atoms with Crippen LogP contribution < -0.4 is 4.90 Å². The summed E-state index contributed by atoms with van der Waals surface area (Å²) < 4.78 is 0. The summed E-state index contributed by atoms with van der Waals surface area (Å²) in [7, 11) is 0. The van der Waals surface area contributed by atoms with Crippen molar-refractivity contribution in [3.8, 4) is 33.4 Å². The van der Waals surface area contributed by atoms with Gasteiger partial charge >= 0.3 is 0 Å². The van der Waals surface area contributed by atoms with Crippen molar-refractivity contribution in [3.63, 3.8) is 0 Å². The number of aryl methyl sites for hydroxylation is 1. The lowest BCUT2D eigenvalue weighted by Crippen LogP contribution is -2.17. The number of hydrogen-bond donors (Lipinski definition) is 0. The first-order chi connectivity index (χ1) is 27.0. The van der Waals surface area contributed by atoms with E-state index in [9.17, 15) is 0 Å². The van der Waals surface area contributed by atoms with Gasteiger partial charge < -0.3 is 4.90 Å². The van der Waals surface area contributed by atoms with Crippen molar-refractivity contribution < 1.29 is 0 Å². The maximum atomic E-state index is 2.52. The van der Waals surface area contributed by atoms with E-state index >= 15 is 0 Å². The molecule has 3 aliphatic rings. The zero-order valence-electron chi connectivity index (χ0n) is 31.6. The van der Waals surface area contributed by atoms with Gasteiger partial charge in [0.1, 0.15) is 0 Å². The molecule has 0 spiro atoms. The zero-order chi connectivity index (χ0) is 36.9. The fourth-order valence-corrected chi connectivity index (χ4v) is 9.73. The molecule has 0 saturated heterocycles. The average Bonchev–Trinajstić information content (AvgIpc) is 3.68. The number of benzene rings is 7. The highest BCUT2D eigenvalue weighted by Gasteiger charge is 2.39. The van der Waals surface area contributed by atoms with E-state index in [1.54, 1.807) is 5.56 Å². The van der Waals surface area contributed by atoms with E-state index in [4.69, 9.17) is 0 Å². The van der Waals surface area contributed by atoms with Crippen molar-refractivity contribution in [3.05, 3.63) is 222 Å². The van der Waals surface area contributed by atoms with Gasteiger partial charge in [0.15, 0.2) is 0 Å². The maximum absolute atomic E-state index is 2.52. The lowest BCUT2D eigenvalue weighted by molar-refractivity contribution is 0.483. The van der Waals surface area contributed by atoms with Crippen LogP contribution in [0.4, 0.5) is 17.1 Å². The second-order valence-corrected chi connectivity index (χ2v) is 16.0. The molecule has 0 aromatic heterocycles. The lowest BCUT2D eigenvalue weighted by Gasteiger charge is -2.28. The van der Waals surface area contributed by atoms with E-state index in [0.717, 1.165) is 24.2 Å². The molecule has 10 rings (SSSR count). The van der Waals surface area contributed by atoms with Crippen molar-refractivity contribution in [2.45, 2.75) is 43.9 Å². The summed E-state index contributed by atoms with van der Waals surface area (Å²) >= 11 is 0. The number of nitrogens with zero attached hydrogens (tertiary/aromatic N) is 1. The summed E-state index contributed by atoms with van der Waals surface area (Å²) in [5, 5.41) is 0. The molecule has 0 saturated carbocycles. The number of hydrogen-bond acceptors (Lipinski definition) is 1. The van der Waals surface area contributed by atoms with E-state index < -0.39 is 0 Å². The van der Waals surface area contributed by atoms with Crippen LogP contribution in [-0.4, -0.2) is 0 Å². The van der Waals surface area contributed by atoms with E-state index in [1.165, 1.54) is 61.3 Å². The van der Waals surface area contributed by atoms with Gasteiger partial charge in [-0.15, -0.1) is 0 Å². The molecule has 1 nitrogen and oxygen atoms in total. The summed E-state index contributed by atoms with van der Waals surface area (Å²) in [5.41, 5.74) is 18.3. The Labute approximate surface area is 326 Å². The summed E-state index contributed by atoms with van der Waals surface area (Å²) in [6, 6.07) is 62.9. The fourth-order valence-electron chi connectivity index (χ4n) is 9.73. The smallest absolute Gasteiger partial charge is 0.0465 e. The Bertz CT molecular complexity index is 2470. The molecule has 0 N–H and O–H groups in total. The highest BCUT2D eigenvalue weighted by atomic mass is 15.1. The van der Waals surface area contributed by atoms with Crippen LogP contribution in [0.15, 0.2) is 194 Å². The van der Waals surface area contributed by atoms with Gasteiger partial charge in [-0.25, -0.2) is 0 Å². The minimum atomic E-state index is -0.126. The van der Waals surface area contributed by atoms with Crippen LogP contribution in [0.3, 0.4) is 0 Å². The molecular weight excluding hydrogens is 663 g/mol. The third kappa shape index (κ3) is 5.87. The van der Waals surface area contributed by atoms with Crippen LogP contribution in [0.5, 0.6) is 0 Å². The van der Waals surface area contributed by atoms with Crippen molar-refractivity contribution in [1.82, 2.24) is 0 Å². The third-order valence-electron chi connectivity index (χ3n) is 12.6. The lowest BCUT2D eigenvalue weighted by atomic mass is 9.80. The SMILES string of the molecule is CC1(C)c2cc(CCC3c4ccccc4C4C=CC=C[C@H]43)ccc2-c2ccc(N(c3ccc(-c4ccccc4)cc3)c3ccc(-c4ccccc4)cc3)cc21. The van der Waals surface area contributed by atoms with Gasteiger partial charge in [-0.3, -0.25) is 0 Å². The van der Waals surface area contributed by atoms with Gasteiger partial charge in [0.05, 0.1) is 0 Å². The Kier molecular flexibility index (Phi) is 8.25. The van der Waals surface area contributed by atoms with Gasteiger partial charge in [0, 0.05) is 28.4 Å². The van der Waals surface area contributed by atoms with Gasteiger partial charge in [0.2, 0.25) is 0 Å². The molecule has 0 bridgehead atoms. The van der Waals surface area contributed by atoms with Crippen LogP contribution in [0.2, 0.25) is 0 Å². The highest BCUT2D eigenvalue weighted by molar-refractivity contribution is 5.86. The summed E-state index contributed by atoms with van der Waals surface area (Å²) in [6.45, 7) is 4.83. The first-order valence-corrected chi connectivity index (χ1v) is 19.9. The molecule has 3 aliphatic carbocycles. The van der Waals surface area contributed by atoms with Crippen molar-refractivity contribution >= 4 is 17.1 Å². The second-order valence-electron chi connectivity index (χ2n) is 16.0. The minimum absolute atomic E-state index is 0.126. The molecule has 0 radical (unpaired) electrons. The van der Waals surface area contributed by atoms with Crippen molar-refractivity contribution in [2.75, 3.05) is 4.90 Å². The molecule has 0 aliphatic heterocycles. The topological polar surface area (TPSA) is 3.24 Å². The summed E-state index contributed by atoms with van der Waals surface area (Å²) in [4.78, 5) is 2.41. The maximum Gasteiger partial charge on any atom is 0.0465 e. The van der Waals surface area contributed by atoms with Gasteiger partial charge in [-0.05, 0) is 122 Å². The van der Waals surface area contributed by atoms with Crippen LogP contribution >= 0.6 is 0 Å². The number of anilines is 3. The number of fused-ring (bicyclic) bond motifs is 6. The largest absolute Gasteiger partial charge is 0.310 e. The second kappa shape index (κ2) is 13.6. The van der Waals surface area contributed by atoms with Gasteiger partial charge in [-0.2, -0.15) is 0 Å². The van der Waals surface area contributed by atoms with Crippen molar-refractivity contribution in [2.24, 2.45) is 5.92 Å². The van der Waals surface area contributed by atoms with Gasteiger partial charge in [-0.1, -0.05) is 172 Å². The first-order valence-electron chi connectivity index (χ1n) is 19.9. The Balaban J connectivity index is 0.975. The molecule has 1 heteroatoms. The minimum Gasteiger partial charge on any atom is -0.310 e. The zero-order valence-corrected chi connectivity index (χ0v) is 31.6. The molecule has 266 valence electrons. The Morgan fingerprint density at radius 1 is 0.473 bits per heavy atom. The molecular formula is C54H45N. The molecule has 3 atom stereocenters. The Hall–Kier alpha value is -6.18. The standard InChI is InChI=1S/C54H45N/c1-54(2)52-35-37(21-32-49-47-19-11-9-17-45(47)46-18-10-12-20-48(46)49)22-33-50(52)51-34-31-44(36-53(51)54)55(42-27-23-40(24-28-42)38-13-5-3-6-14-38)43-29-25-41(26-30-43)39-15-7-4-8-16-39/h3-20,22-31,33-36,45,47,49H,21,32H2,1-2H3/t45?,47-,49?/m1/s1. The van der Waals surface area contributed by atoms with E-state index in [-0.39, 0.29) is 5.41 Å². The average molecular weight is 708 g/mol. The summed E-state index contributed by atoms with van der Waals surface area (Å²) in [6.07, 6.45) is 11.6. The monoisotopic (exact) mass is 707 g/mol. The van der Waals surface area contributed by atoms with Crippen molar-refractivity contribution in [1.29, 1.82) is 0 Å². The summed E-state index contributed by atoms with van der Waals surface area (Å²) in [5.74, 6) is 1.62. The normalized spacial score (nSPS) is 18.3. The molecule has 55 heavy (non-hydrogen) atoms. The fraction of sp³-hybridized carbons (Fsp3) is 0.148. The molecule has 0 fully saturated rings. The van der Waals surface area contributed by atoms with Crippen LogP contribution in [0.1, 0.15) is 59.9 Å². The predicted molar refractivity (Wildman–Crippen MR) is 232 cm³/mol. The van der Waals surface area contributed by atoms with Crippen LogP contribution in [0.25, 0.3) is 33.4 Å². The van der Waals surface area contributed by atoms with Gasteiger partial charge in [0.25, 0.3) is 0 Å². The molecule has 7 aromatic carbocycles. The highest BCUT2D eigenvalue weighted by Crippen LogP contribution is 2.53. The van der Waals surface area contributed by atoms with E-state index in [0.29, 0.717) is 17.8 Å². The third-order valence-corrected chi connectivity index (χ3v) is 12.6. The Morgan fingerprint density at radius 3 is 1.62 bits per heavy atom. The Morgan fingerprint density at radius 2 is 0.982 bits per heavy atom. The molecule has 0 amide bonds. The first kappa shape index (κ1) is 33.4. The molecule has 7 aromatic rings. The molecule has 0 heterocycles. The number of allylic oxidation sites excluding steroid dienone is 4. The molecule has 2 unspecified atom stereocenters. The predicted octanol–water partition coefficient (Wildman–Crippen LogP) is 14.4. The van der Waals surface area contributed by atoms with Crippen LogP contribution in [-0.2, 0) is 11.8 Å². The van der Waals surface area contributed by atoms with E-state index in [1.807, 2.05) is 0 Å². The quantitative estimate of drug-likeness (QED) is 0.152. The van der Waals surface area contributed by atoms with E-state index in [2.05, 4.69) is 213 Å². The number of rotatable bonds is 8. The van der Waals surface area contributed by atoms with Crippen LogP contribution in [0, 0.1) is 5.92 Å².